The fraction of sp³-hybridized carbons (Fsp3) is 0.136. The third kappa shape index (κ3) is 3.90. The van der Waals surface area contributed by atoms with Gasteiger partial charge in [0.1, 0.15) is 11.4 Å². The number of nitrogens with zero attached hydrogens (tertiary/aromatic N) is 3. The maximum Gasteiger partial charge on any atom is 0.200 e. The van der Waals surface area contributed by atoms with E-state index in [2.05, 4.69) is 9.97 Å². The number of thioether (sulfide) groups is 1. The highest BCUT2D eigenvalue weighted by molar-refractivity contribution is 7.98. The molecule has 0 saturated heterocycles. The van der Waals surface area contributed by atoms with Crippen LogP contribution in [0.3, 0.4) is 0 Å². The van der Waals surface area contributed by atoms with Crippen molar-refractivity contribution in [1.29, 1.82) is 0 Å². The van der Waals surface area contributed by atoms with Crippen molar-refractivity contribution in [2.75, 3.05) is 13.4 Å². The van der Waals surface area contributed by atoms with E-state index in [0.29, 0.717) is 43.9 Å². The monoisotopic (exact) mass is 457 g/mol. The van der Waals surface area contributed by atoms with Gasteiger partial charge in [-0.15, -0.1) is 0 Å². The molecule has 8 heteroatoms. The molecule has 0 amide bonds. The molecular formula is C22H17Cl2N3O2S. The summed E-state index contributed by atoms with van der Waals surface area (Å²) in [4.78, 5) is 22.2. The topological polar surface area (TPSA) is 57.0 Å². The van der Waals surface area contributed by atoms with Crippen LogP contribution in [0.4, 0.5) is 0 Å². The molecule has 0 bridgehead atoms. The third-order valence-corrected chi connectivity index (χ3v) is 5.91. The first-order chi connectivity index (χ1) is 14.5. The van der Waals surface area contributed by atoms with Gasteiger partial charge in [0.25, 0.3) is 0 Å². The van der Waals surface area contributed by atoms with E-state index in [-0.39, 0.29) is 5.43 Å². The second-order valence-electron chi connectivity index (χ2n) is 6.54. The van der Waals surface area contributed by atoms with Gasteiger partial charge < -0.3 is 9.30 Å². The van der Waals surface area contributed by atoms with Gasteiger partial charge in [0, 0.05) is 30.1 Å². The van der Waals surface area contributed by atoms with E-state index in [1.807, 2.05) is 35.1 Å². The predicted octanol–water partition coefficient (Wildman–Crippen LogP) is 5.54. The summed E-state index contributed by atoms with van der Waals surface area (Å²) in [6, 6.07) is 12.9. The van der Waals surface area contributed by atoms with E-state index in [1.165, 1.54) is 11.8 Å². The van der Waals surface area contributed by atoms with E-state index in [0.717, 1.165) is 11.3 Å². The molecule has 2 heterocycles. The average Bonchev–Trinajstić information content (AvgIpc) is 2.76. The van der Waals surface area contributed by atoms with Crippen LogP contribution < -0.4 is 10.2 Å². The Morgan fingerprint density at radius 2 is 1.80 bits per heavy atom. The summed E-state index contributed by atoms with van der Waals surface area (Å²) < 4.78 is 7.16. The van der Waals surface area contributed by atoms with Crippen molar-refractivity contribution in [3.63, 3.8) is 0 Å². The standard InChI is InChI=1S/C22H17Cl2N3O2S/c1-29-14-8-6-13(7-9-14)11-27-12-16(19-17(23)4-3-5-18(19)24)20(28)15-10-25-22(30-2)26-21(15)27/h3-10,12H,11H2,1-2H3. The Morgan fingerprint density at radius 3 is 2.43 bits per heavy atom. The second-order valence-corrected chi connectivity index (χ2v) is 8.13. The lowest BCUT2D eigenvalue weighted by Crippen LogP contribution is -2.15. The summed E-state index contributed by atoms with van der Waals surface area (Å²) in [6.45, 7) is 0.501. The molecule has 0 aliphatic heterocycles. The molecule has 2 aromatic carbocycles. The number of rotatable bonds is 5. The zero-order chi connectivity index (χ0) is 21.3. The van der Waals surface area contributed by atoms with E-state index < -0.39 is 0 Å². The van der Waals surface area contributed by atoms with E-state index in [9.17, 15) is 4.79 Å². The largest absolute Gasteiger partial charge is 0.497 e. The van der Waals surface area contributed by atoms with Crippen molar-refractivity contribution < 1.29 is 4.74 Å². The molecule has 152 valence electrons. The fourth-order valence-corrected chi connectivity index (χ4v) is 4.17. The molecule has 0 aliphatic rings. The van der Waals surface area contributed by atoms with Gasteiger partial charge in [-0.2, -0.15) is 0 Å². The van der Waals surface area contributed by atoms with Crippen LogP contribution in [-0.2, 0) is 6.54 Å². The van der Waals surface area contributed by atoms with Crippen LogP contribution >= 0.6 is 35.0 Å². The Morgan fingerprint density at radius 1 is 1.10 bits per heavy atom. The summed E-state index contributed by atoms with van der Waals surface area (Å²) >= 11 is 14.2. The Hall–Kier alpha value is -2.54. The second kappa shape index (κ2) is 8.68. The molecule has 0 aliphatic carbocycles. The summed E-state index contributed by atoms with van der Waals surface area (Å²) in [6.07, 6.45) is 5.22. The van der Waals surface area contributed by atoms with Crippen molar-refractivity contribution in [3.8, 4) is 16.9 Å². The van der Waals surface area contributed by atoms with Gasteiger partial charge in [0.15, 0.2) is 5.16 Å². The average molecular weight is 458 g/mol. The molecule has 0 unspecified atom stereocenters. The van der Waals surface area contributed by atoms with Crippen LogP contribution in [0.25, 0.3) is 22.2 Å². The lowest BCUT2D eigenvalue weighted by Gasteiger charge is -2.15. The number of halogens is 2. The third-order valence-electron chi connectivity index (χ3n) is 4.72. The van der Waals surface area contributed by atoms with Crippen molar-refractivity contribution in [2.45, 2.75) is 11.7 Å². The summed E-state index contributed by atoms with van der Waals surface area (Å²) in [7, 11) is 1.63. The molecule has 0 radical (unpaired) electrons. The number of pyridine rings is 1. The normalized spacial score (nSPS) is 11.1. The fourth-order valence-electron chi connectivity index (χ4n) is 3.24. The van der Waals surface area contributed by atoms with Crippen molar-refractivity contribution in [3.05, 3.63) is 80.7 Å². The van der Waals surface area contributed by atoms with Gasteiger partial charge in [-0.1, -0.05) is 53.2 Å². The summed E-state index contributed by atoms with van der Waals surface area (Å²) in [5, 5.41) is 1.83. The lowest BCUT2D eigenvalue weighted by molar-refractivity contribution is 0.414. The van der Waals surface area contributed by atoms with Crippen LogP contribution in [0, 0.1) is 0 Å². The highest BCUT2D eigenvalue weighted by Gasteiger charge is 2.17. The molecule has 2 aromatic heterocycles. The van der Waals surface area contributed by atoms with Gasteiger partial charge in [0.2, 0.25) is 5.43 Å². The molecule has 5 nitrogen and oxygen atoms in total. The molecule has 0 N–H and O–H groups in total. The molecule has 0 saturated carbocycles. The highest BCUT2D eigenvalue weighted by Crippen LogP contribution is 2.33. The minimum Gasteiger partial charge on any atom is -0.497 e. The van der Waals surface area contributed by atoms with Gasteiger partial charge in [0.05, 0.1) is 22.5 Å². The number of methoxy groups -OCH3 is 1. The summed E-state index contributed by atoms with van der Waals surface area (Å²) in [5.41, 5.74) is 2.29. The minimum atomic E-state index is -0.210. The van der Waals surface area contributed by atoms with E-state index in [1.54, 1.807) is 37.7 Å². The predicted molar refractivity (Wildman–Crippen MR) is 123 cm³/mol. The summed E-state index contributed by atoms with van der Waals surface area (Å²) in [5.74, 6) is 0.777. The van der Waals surface area contributed by atoms with Crippen LogP contribution in [0.15, 0.2) is 64.8 Å². The highest BCUT2D eigenvalue weighted by atomic mass is 35.5. The van der Waals surface area contributed by atoms with Crippen LogP contribution in [-0.4, -0.2) is 27.9 Å². The Labute approximate surface area is 187 Å². The molecule has 4 rings (SSSR count). The van der Waals surface area contributed by atoms with Gasteiger partial charge in [-0.3, -0.25) is 4.79 Å². The van der Waals surface area contributed by atoms with Crippen molar-refractivity contribution in [1.82, 2.24) is 14.5 Å². The number of aromatic nitrogens is 3. The molecule has 0 fully saturated rings. The zero-order valence-electron chi connectivity index (χ0n) is 16.2. The quantitative estimate of drug-likeness (QED) is 0.290. The van der Waals surface area contributed by atoms with Crippen LogP contribution in [0.2, 0.25) is 10.0 Å². The molecule has 4 aromatic rings. The lowest BCUT2D eigenvalue weighted by atomic mass is 10.1. The Kier molecular flexibility index (Phi) is 5.99. The molecular weight excluding hydrogens is 441 g/mol. The number of benzene rings is 2. The smallest absolute Gasteiger partial charge is 0.200 e. The van der Waals surface area contributed by atoms with E-state index in [4.69, 9.17) is 27.9 Å². The van der Waals surface area contributed by atoms with E-state index >= 15 is 0 Å². The van der Waals surface area contributed by atoms with Crippen LogP contribution in [0.5, 0.6) is 5.75 Å². The number of ether oxygens (including phenoxy) is 1. The maximum absolute atomic E-state index is 13.3. The number of hydrogen-bond acceptors (Lipinski definition) is 5. The number of fused-ring (bicyclic) bond motifs is 1. The maximum atomic E-state index is 13.3. The minimum absolute atomic E-state index is 0.210. The van der Waals surface area contributed by atoms with Gasteiger partial charge in [-0.25, -0.2) is 9.97 Å². The Bertz CT molecular complexity index is 1270. The van der Waals surface area contributed by atoms with Crippen LogP contribution in [0.1, 0.15) is 5.56 Å². The van der Waals surface area contributed by atoms with Crippen molar-refractivity contribution >= 4 is 46.0 Å². The van der Waals surface area contributed by atoms with Crippen molar-refractivity contribution in [2.24, 2.45) is 0 Å². The molecule has 0 spiro atoms. The zero-order valence-corrected chi connectivity index (χ0v) is 18.6. The van der Waals surface area contributed by atoms with Gasteiger partial charge in [-0.05, 0) is 36.1 Å². The first kappa shape index (κ1) is 20.7. The molecule has 30 heavy (non-hydrogen) atoms. The number of hydrogen-bond donors (Lipinski definition) is 0. The first-order valence-corrected chi connectivity index (χ1v) is 11.0. The Balaban J connectivity index is 1.96. The molecule has 0 atom stereocenters. The first-order valence-electron chi connectivity index (χ1n) is 9.03. The van der Waals surface area contributed by atoms with Gasteiger partial charge >= 0.3 is 0 Å². The SMILES string of the molecule is COc1ccc(Cn2cc(-c3c(Cl)cccc3Cl)c(=O)c3cnc(SC)nc32)cc1.